The lowest BCUT2D eigenvalue weighted by Crippen LogP contribution is -2.38. The molecule has 0 aromatic heterocycles. The molecule has 0 spiro atoms. The first-order valence-corrected chi connectivity index (χ1v) is 9.39. The number of nitrogens with two attached hydrogens (primary N) is 1. The number of unbranched alkanes of at least 4 members (excludes halogenated alkanes) is 1. The van der Waals surface area contributed by atoms with Gasteiger partial charge in [0, 0.05) is 30.0 Å². The summed E-state index contributed by atoms with van der Waals surface area (Å²) in [5.41, 5.74) is 5.97. The van der Waals surface area contributed by atoms with Gasteiger partial charge in [0.25, 0.3) is 0 Å². The van der Waals surface area contributed by atoms with Crippen LogP contribution in [0.3, 0.4) is 0 Å². The molecule has 0 bridgehead atoms. The summed E-state index contributed by atoms with van der Waals surface area (Å²) in [4.78, 5) is 23.1. The number of hydrogen-bond acceptors (Lipinski definition) is 4. The summed E-state index contributed by atoms with van der Waals surface area (Å²) in [7, 11) is 0. The van der Waals surface area contributed by atoms with Crippen molar-refractivity contribution in [1.82, 2.24) is 16.0 Å². The standard InChI is InChI=1S/C15H26N4O2S/c16-10(9-5-6-9)7-17-13(20)4-2-1-3-12-14-11(8-22-12)18-15(21)19-14/h9-12,14H,1-8,16H2,(H,17,20)(H2,18,19,21). The summed E-state index contributed by atoms with van der Waals surface area (Å²) in [5, 5.41) is 9.37. The minimum atomic E-state index is -0.0355. The summed E-state index contributed by atoms with van der Waals surface area (Å²) in [6.07, 6.45) is 5.99. The van der Waals surface area contributed by atoms with Crippen molar-refractivity contribution in [2.24, 2.45) is 11.7 Å². The Labute approximate surface area is 135 Å². The molecule has 22 heavy (non-hydrogen) atoms. The first kappa shape index (κ1) is 15.9. The van der Waals surface area contributed by atoms with E-state index in [1.54, 1.807) is 0 Å². The van der Waals surface area contributed by atoms with Crippen LogP contribution in [0.15, 0.2) is 0 Å². The second-order valence-electron chi connectivity index (χ2n) is 6.67. The molecule has 0 aromatic rings. The molecule has 2 saturated heterocycles. The highest BCUT2D eigenvalue weighted by atomic mass is 32.2. The molecule has 3 rings (SSSR count). The van der Waals surface area contributed by atoms with Crippen molar-refractivity contribution in [2.75, 3.05) is 12.3 Å². The maximum atomic E-state index is 11.8. The highest BCUT2D eigenvalue weighted by Gasteiger charge is 2.42. The van der Waals surface area contributed by atoms with E-state index in [2.05, 4.69) is 16.0 Å². The molecule has 3 amide bonds. The van der Waals surface area contributed by atoms with E-state index in [0.29, 0.717) is 24.1 Å². The van der Waals surface area contributed by atoms with Gasteiger partial charge in [-0.2, -0.15) is 11.8 Å². The largest absolute Gasteiger partial charge is 0.355 e. The zero-order chi connectivity index (χ0) is 15.5. The Kier molecular flexibility index (Phi) is 5.13. The molecule has 0 radical (unpaired) electrons. The van der Waals surface area contributed by atoms with Crippen LogP contribution < -0.4 is 21.7 Å². The van der Waals surface area contributed by atoms with Gasteiger partial charge in [0.15, 0.2) is 0 Å². The van der Waals surface area contributed by atoms with Gasteiger partial charge in [-0.25, -0.2) is 4.79 Å². The third-order valence-corrected chi connectivity index (χ3v) is 6.35. The molecule has 2 aliphatic heterocycles. The second kappa shape index (κ2) is 7.08. The molecule has 3 fully saturated rings. The Morgan fingerprint density at radius 1 is 1.36 bits per heavy atom. The molecular formula is C15H26N4O2S. The highest BCUT2D eigenvalue weighted by Crippen LogP contribution is 2.33. The zero-order valence-electron chi connectivity index (χ0n) is 12.8. The fraction of sp³-hybridized carbons (Fsp3) is 0.867. The van der Waals surface area contributed by atoms with Gasteiger partial charge in [-0.3, -0.25) is 4.79 Å². The topological polar surface area (TPSA) is 96.2 Å². The summed E-state index contributed by atoms with van der Waals surface area (Å²) in [6, 6.07) is 0.651. The monoisotopic (exact) mass is 326 g/mol. The minimum Gasteiger partial charge on any atom is -0.355 e. The first-order valence-electron chi connectivity index (χ1n) is 8.34. The van der Waals surface area contributed by atoms with Crippen LogP contribution >= 0.6 is 11.8 Å². The van der Waals surface area contributed by atoms with Crippen molar-refractivity contribution in [1.29, 1.82) is 0 Å². The third-order valence-electron chi connectivity index (χ3n) is 4.84. The predicted molar refractivity (Wildman–Crippen MR) is 87.7 cm³/mol. The number of amides is 3. The fourth-order valence-corrected chi connectivity index (χ4v) is 4.83. The van der Waals surface area contributed by atoms with E-state index in [4.69, 9.17) is 5.73 Å². The Morgan fingerprint density at radius 3 is 2.95 bits per heavy atom. The molecule has 1 saturated carbocycles. The normalized spacial score (nSPS) is 31.3. The SMILES string of the molecule is NC(CNC(=O)CCCCC1SCC2NC(=O)NC21)C1CC1. The summed E-state index contributed by atoms with van der Waals surface area (Å²) < 4.78 is 0. The average Bonchev–Trinajstić information content (AvgIpc) is 3.19. The van der Waals surface area contributed by atoms with Crippen molar-refractivity contribution >= 4 is 23.7 Å². The molecule has 4 unspecified atom stereocenters. The van der Waals surface area contributed by atoms with Gasteiger partial charge >= 0.3 is 6.03 Å². The molecule has 3 aliphatic rings. The van der Waals surface area contributed by atoms with Crippen LogP contribution in [0.25, 0.3) is 0 Å². The molecule has 0 aromatic carbocycles. The van der Waals surface area contributed by atoms with Crippen molar-refractivity contribution < 1.29 is 9.59 Å². The van der Waals surface area contributed by atoms with E-state index < -0.39 is 0 Å². The molecule has 2 heterocycles. The van der Waals surface area contributed by atoms with Crippen LogP contribution in [0.5, 0.6) is 0 Å². The lowest BCUT2D eigenvalue weighted by atomic mass is 10.0. The average molecular weight is 326 g/mol. The third kappa shape index (κ3) is 4.07. The number of thioether (sulfide) groups is 1. The maximum absolute atomic E-state index is 11.8. The van der Waals surface area contributed by atoms with Crippen molar-refractivity contribution in [3.63, 3.8) is 0 Å². The Bertz CT molecular complexity index is 430. The molecule has 7 heteroatoms. The number of urea groups is 1. The Hall–Kier alpha value is -0.950. The van der Waals surface area contributed by atoms with Gasteiger partial charge in [0.05, 0.1) is 12.1 Å². The Balaban J connectivity index is 1.25. The molecule has 5 N–H and O–H groups in total. The van der Waals surface area contributed by atoms with E-state index in [1.165, 1.54) is 12.8 Å². The van der Waals surface area contributed by atoms with Crippen molar-refractivity contribution in [3.05, 3.63) is 0 Å². The zero-order valence-corrected chi connectivity index (χ0v) is 13.7. The van der Waals surface area contributed by atoms with Crippen molar-refractivity contribution in [3.8, 4) is 0 Å². The summed E-state index contributed by atoms with van der Waals surface area (Å²) in [5.74, 6) is 1.74. The van der Waals surface area contributed by atoms with E-state index in [1.807, 2.05) is 11.8 Å². The van der Waals surface area contributed by atoms with Crippen molar-refractivity contribution in [2.45, 2.75) is 61.9 Å². The number of nitrogens with one attached hydrogen (secondary N) is 3. The fourth-order valence-electron chi connectivity index (χ4n) is 3.29. The van der Waals surface area contributed by atoms with Crippen LogP contribution in [0.2, 0.25) is 0 Å². The summed E-state index contributed by atoms with van der Waals surface area (Å²) in [6.45, 7) is 0.615. The Morgan fingerprint density at radius 2 is 2.18 bits per heavy atom. The highest BCUT2D eigenvalue weighted by molar-refractivity contribution is 8.00. The predicted octanol–water partition coefficient (Wildman–Crippen LogP) is 0.566. The van der Waals surface area contributed by atoms with Gasteiger partial charge in [0.2, 0.25) is 5.91 Å². The molecule has 1 aliphatic carbocycles. The number of fused-ring (bicyclic) bond motifs is 1. The molecule has 4 atom stereocenters. The smallest absolute Gasteiger partial charge is 0.315 e. The van der Waals surface area contributed by atoms with Gasteiger partial charge < -0.3 is 21.7 Å². The number of carbonyl (C=O) groups excluding carboxylic acids is 2. The maximum Gasteiger partial charge on any atom is 0.315 e. The van der Waals surface area contributed by atoms with Gasteiger partial charge in [-0.15, -0.1) is 0 Å². The van der Waals surface area contributed by atoms with Gasteiger partial charge in [0.1, 0.15) is 0 Å². The van der Waals surface area contributed by atoms with Crippen LogP contribution in [-0.4, -0.2) is 47.6 Å². The first-order chi connectivity index (χ1) is 10.6. The van der Waals surface area contributed by atoms with E-state index in [0.717, 1.165) is 25.0 Å². The lowest BCUT2D eigenvalue weighted by Gasteiger charge is -2.16. The molecule has 6 nitrogen and oxygen atoms in total. The number of rotatable bonds is 8. The van der Waals surface area contributed by atoms with E-state index in [9.17, 15) is 9.59 Å². The lowest BCUT2D eigenvalue weighted by molar-refractivity contribution is -0.121. The van der Waals surface area contributed by atoms with Crippen LogP contribution in [0.4, 0.5) is 4.79 Å². The number of hydrogen-bond donors (Lipinski definition) is 4. The summed E-state index contributed by atoms with van der Waals surface area (Å²) >= 11 is 1.93. The van der Waals surface area contributed by atoms with Gasteiger partial charge in [-0.05, 0) is 31.6 Å². The van der Waals surface area contributed by atoms with Crippen LogP contribution in [-0.2, 0) is 4.79 Å². The number of carbonyl (C=O) groups is 2. The van der Waals surface area contributed by atoms with E-state index >= 15 is 0 Å². The minimum absolute atomic E-state index is 0.0355. The van der Waals surface area contributed by atoms with Crippen LogP contribution in [0, 0.1) is 5.92 Å². The second-order valence-corrected chi connectivity index (χ2v) is 7.95. The molecule has 124 valence electrons. The quantitative estimate of drug-likeness (QED) is 0.387. The van der Waals surface area contributed by atoms with E-state index in [-0.39, 0.29) is 30.1 Å². The molecular weight excluding hydrogens is 300 g/mol. The van der Waals surface area contributed by atoms with Gasteiger partial charge in [-0.1, -0.05) is 6.42 Å². The van der Waals surface area contributed by atoms with Crippen LogP contribution in [0.1, 0.15) is 38.5 Å².